The van der Waals surface area contributed by atoms with Gasteiger partial charge in [0, 0.05) is 36.2 Å². The zero-order valence-corrected chi connectivity index (χ0v) is 15.4. The Kier molecular flexibility index (Phi) is 4.74. The quantitative estimate of drug-likeness (QED) is 0.765. The molecule has 0 aliphatic carbocycles. The van der Waals surface area contributed by atoms with Crippen LogP contribution in [0.15, 0.2) is 35.7 Å². The van der Waals surface area contributed by atoms with Crippen molar-refractivity contribution in [2.75, 3.05) is 13.1 Å². The van der Waals surface area contributed by atoms with E-state index in [1.54, 1.807) is 30.4 Å². The molecule has 3 aromatic heterocycles. The molecule has 5 nitrogen and oxygen atoms in total. The third-order valence-electron chi connectivity index (χ3n) is 4.88. The highest BCUT2D eigenvalue weighted by molar-refractivity contribution is 7.09. The fourth-order valence-corrected chi connectivity index (χ4v) is 4.22. The molecular formula is C19H21FN4OS. The van der Waals surface area contributed by atoms with Gasteiger partial charge in [-0.3, -0.25) is 14.1 Å². The average molecular weight is 372 g/mol. The molecule has 4 heterocycles. The molecule has 0 unspecified atom stereocenters. The number of rotatable bonds is 4. The van der Waals surface area contributed by atoms with Crippen LogP contribution in [0.5, 0.6) is 0 Å². The molecule has 0 aromatic carbocycles. The van der Waals surface area contributed by atoms with E-state index in [0.29, 0.717) is 11.3 Å². The Labute approximate surface area is 155 Å². The van der Waals surface area contributed by atoms with Crippen molar-refractivity contribution in [3.63, 3.8) is 0 Å². The number of halogens is 1. The second-order valence-electron chi connectivity index (χ2n) is 6.72. The number of hydrogen-bond acceptors (Lipinski definition) is 4. The van der Waals surface area contributed by atoms with E-state index in [0.717, 1.165) is 32.5 Å². The lowest BCUT2D eigenvalue weighted by atomic mass is 10.0. The van der Waals surface area contributed by atoms with E-state index in [-0.39, 0.29) is 11.7 Å². The van der Waals surface area contributed by atoms with Gasteiger partial charge in [0.1, 0.15) is 5.65 Å². The van der Waals surface area contributed by atoms with Gasteiger partial charge in [0.15, 0.2) is 5.69 Å². The van der Waals surface area contributed by atoms with Crippen molar-refractivity contribution in [1.29, 1.82) is 0 Å². The summed E-state index contributed by atoms with van der Waals surface area (Å²) >= 11 is 1.77. The summed E-state index contributed by atoms with van der Waals surface area (Å²) in [6.45, 7) is 4.60. The molecular weight excluding hydrogens is 351 g/mol. The number of thiophene rings is 1. The van der Waals surface area contributed by atoms with E-state index in [1.165, 1.54) is 9.28 Å². The Balaban J connectivity index is 1.39. The predicted octanol–water partition coefficient (Wildman–Crippen LogP) is 3.24. The third kappa shape index (κ3) is 3.37. The zero-order valence-electron chi connectivity index (χ0n) is 14.6. The van der Waals surface area contributed by atoms with Crippen molar-refractivity contribution in [1.82, 2.24) is 19.6 Å². The summed E-state index contributed by atoms with van der Waals surface area (Å²) in [7, 11) is 0. The third-order valence-corrected chi connectivity index (χ3v) is 5.74. The van der Waals surface area contributed by atoms with Crippen molar-refractivity contribution < 1.29 is 9.18 Å². The molecule has 0 atom stereocenters. The number of imidazole rings is 1. The maximum Gasteiger partial charge on any atom is 0.274 e. The van der Waals surface area contributed by atoms with E-state index in [1.807, 2.05) is 6.07 Å². The minimum absolute atomic E-state index is 0.0624. The molecule has 0 saturated carbocycles. The van der Waals surface area contributed by atoms with Gasteiger partial charge < -0.3 is 5.32 Å². The number of aryl methyl sites for hydroxylation is 1. The summed E-state index contributed by atoms with van der Waals surface area (Å²) in [6, 6.07) is 9.58. The molecule has 3 aromatic rings. The first kappa shape index (κ1) is 17.2. The second kappa shape index (κ2) is 7.17. The highest BCUT2D eigenvalue weighted by Gasteiger charge is 2.25. The summed E-state index contributed by atoms with van der Waals surface area (Å²) in [4.78, 5) is 20.4. The Bertz CT molecular complexity index is 913. The highest BCUT2D eigenvalue weighted by atomic mass is 32.1. The number of amides is 1. The van der Waals surface area contributed by atoms with Gasteiger partial charge in [-0.05, 0) is 43.3 Å². The maximum absolute atomic E-state index is 14.6. The van der Waals surface area contributed by atoms with Crippen molar-refractivity contribution in [2.24, 2.45) is 0 Å². The van der Waals surface area contributed by atoms with Crippen molar-refractivity contribution in [3.8, 4) is 0 Å². The summed E-state index contributed by atoms with van der Waals surface area (Å²) in [5.74, 6) is -1.02. The second-order valence-corrected chi connectivity index (χ2v) is 7.75. The van der Waals surface area contributed by atoms with Crippen LogP contribution in [0, 0.1) is 12.9 Å². The molecule has 1 amide bonds. The standard InChI is InChI=1S/C19H21FN4OS/c1-13-4-2-6-16-22-17(18(20)24(13)16)19(25)21-14-7-9-23(10-8-14)12-15-5-3-11-26-15/h2-6,11,14H,7-10,12H2,1H3,(H,21,25). The molecule has 136 valence electrons. The fraction of sp³-hybridized carbons (Fsp3) is 0.368. The van der Waals surface area contributed by atoms with Crippen LogP contribution >= 0.6 is 11.3 Å². The van der Waals surface area contributed by atoms with Gasteiger partial charge in [-0.1, -0.05) is 12.1 Å². The summed E-state index contributed by atoms with van der Waals surface area (Å²) in [5.41, 5.74) is 1.05. The molecule has 1 aliphatic heterocycles. The molecule has 7 heteroatoms. The Hall–Kier alpha value is -2.25. The molecule has 0 radical (unpaired) electrons. The molecule has 1 N–H and O–H groups in total. The van der Waals surface area contributed by atoms with Gasteiger partial charge in [0.2, 0.25) is 5.95 Å². The average Bonchev–Trinajstić information content (AvgIpc) is 3.25. The fourth-order valence-electron chi connectivity index (χ4n) is 3.47. The van der Waals surface area contributed by atoms with Crippen molar-refractivity contribution >= 4 is 22.9 Å². The predicted molar refractivity (Wildman–Crippen MR) is 100.0 cm³/mol. The smallest absolute Gasteiger partial charge is 0.274 e. The van der Waals surface area contributed by atoms with Crippen molar-refractivity contribution in [2.45, 2.75) is 32.4 Å². The Morgan fingerprint density at radius 1 is 1.31 bits per heavy atom. The molecule has 0 spiro atoms. The van der Waals surface area contributed by atoms with Gasteiger partial charge in [0.05, 0.1) is 0 Å². The summed E-state index contributed by atoms with van der Waals surface area (Å²) < 4.78 is 16.0. The Morgan fingerprint density at radius 2 is 2.12 bits per heavy atom. The van der Waals surface area contributed by atoms with E-state index in [9.17, 15) is 9.18 Å². The van der Waals surface area contributed by atoms with Crippen LogP contribution in [0.4, 0.5) is 4.39 Å². The number of nitrogens with zero attached hydrogens (tertiary/aromatic N) is 3. The molecule has 26 heavy (non-hydrogen) atoms. The monoisotopic (exact) mass is 372 g/mol. The van der Waals surface area contributed by atoms with Crippen LogP contribution < -0.4 is 5.32 Å². The lowest BCUT2D eigenvalue weighted by molar-refractivity contribution is 0.0900. The molecule has 1 fully saturated rings. The lowest BCUT2D eigenvalue weighted by Crippen LogP contribution is -2.44. The van der Waals surface area contributed by atoms with Crippen LogP contribution in [-0.4, -0.2) is 39.3 Å². The SMILES string of the molecule is Cc1cccc2nc(C(=O)NC3CCN(Cc4cccs4)CC3)c(F)n12. The summed E-state index contributed by atoms with van der Waals surface area (Å²) in [5, 5.41) is 5.05. The lowest BCUT2D eigenvalue weighted by Gasteiger charge is -2.31. The number of nitrogens with one attached hydrogen (secondary N) is 1. The number of hydrogen-bond donors (Lipinski definition) is 1. The van der Waals surface area contributed by atoms with Gasteiger partial charge in [-0.25, -0.2) is 4.98 Å². The summed E-state index contributed by atoms with van der Waals surface area (Å²) in [6.07, 6.45) is 1.73. The minimum Gasteiger partial charge on any atom is -0.348 e. The van der Waals surface area contributed by atoms with Crippen LogP contribution in [0.2, 0.25) is 0 Å². The van der Waals surface area contributed by atoms with Crippen LogP contribution in [0.25, 0.3) is 5.65 Å². The maximum atomic E-state index is 14.6. The number of fused-ring (bicyclic) bond motifs is 1. The largest absolute Gasteiger partial charge is 0.348 e. The number of carbonyl (C=O) groups is 1. The van der Waals surface area contributed by atoms with Gasteiger partial charge >= 0.3 is 0 Å². The van der Waals surface area contributed by atoms with Crippen LogP contribution in [-0.2, 0) is 6.54 Å². The topological polar surface area (TPSA) is 49.6 Å². The van der Waals surface area contributed by atoms with E-state index in [4.69, 9.17) is 0 Å². The minimum atomic E-state index is -0.592. The number of likely N-dealkylation sites (tertiary alicyclic amines) is 1. The number of carbonyl (C=O) groups excluding carboxylic acids is 1. The molecule has 1 saturated heterocycles. The molecule has 0 bridgehead atoms. The number of pyridine rings is 1. The van der Waals surface area contributed by atoms with E-state index in [2.05, 4.69) is 32.7 Å². The highest BCUT2D eigenvalue weighted by Crippen LogP contribution is 2.18. The molecule has 4 rings (SSSR count). The normalized spacial score (nSPS) is 16.2. The van der Waals surface area contributed by atoms with Gasteiger partial charge in [-0.2, -0.15) is 4.39 Å². The number of piperidine rings is 1. The molecule has 1 aliphatic rings. The van der Waals surface area contributed by atoms with E-state index >= 15 is 0 Å². The van der Waals surface area contributed by atoms with Crippen LogP contribution in [0.1, 0.15) is 33.9 Å². The van der Waals surface area contributed by atoms with Crippen molar-refractivity contribution in [3.05, 3.63) is 57.9 Å². The first-order chi connectivity index (χ1) is 12.6. The van der Waals surface area contributed by atoms with Gasteiger partial charge in [0.25, 0.3) is 5.91 Å². The van der Waals surface area contributed by atoms with E-state index < -0.39 is 11.9 Å². The zero-order chi connectivity index (χ0) is 18.1. The Morgan fingerprint density at radius 3 is 2.81 bits per heavy atom. The number of aromatic nitrogens is 2. The first-order valence-corrected chi connectivity index (χ1v) is 9.69. The first-order valence-electron chi connectivity index (χ1n) is 8.81. The van der Waals surface area contributed by atoms with Gasteiger partial charge in [-0.15, -0.1) is 11.3 Å². The van der Waals surface area contributed by atoms with Crippen LogP contribution in [0.3, 0.4) is 0 Å².